The topological polar surface area (TPSA) is 78.9 Å². The van der Waals surface area contributed by atoms with E-state index in [4.69, 9.17) is 4.89 Å². The third-order valence-electron chi connectivity index (χ3n) is 1.00. The summed E-state index contributed by atoms with van der Waals surface area (Å²) in [6.45, 7) is 1.59. The molecule has 1 aliphatic heterocycles. The van der Waals surface area contributed by atoms with Crippen LogP contribution in [0, 0.1) is 0 Å². The van der Waals surface area contributed by atoms with Crippen LogP contribution in [-0.2, 0) is 4.74 Å². The van der Waals surface area contributed by atoms with Crippen LogP contribution < -0.4 is 68.9 Å². The van der Waals surface area contributed by atoms with Crippen molar-refractivity contribution in [1.82, 2.24) is 0 Å². The molecule has 0 saturated carbocycles. The van der Waals surface area contributed by atoms with E-state index < -0.39 is 13.8 Å². The van der Waals surface area contributed by atoms with Crippen molar-refractivity contribution in [3.05, 3.63) is 0 Å². The van der Waals surface area contributed by atoms with E-state index in [2.05, 4.69) is 4.74 Å². The van der Waals surface area contributed by atoms with Crippen LogP contribution >= 0.6 is 7.94 Å². The van der Waals surface area contributed by atoms with Crippen LogP contribution in [0.15, 0.2) is 0 Å². The zero-order valence-corrected chi connectivity index (χ0v) is 11.2. The molecule has 0 aliphatic carbocycles. The number of hydrogen-bond donors (Lipinski definition) is 1. The van der Waals surface area contributed by atoms with Gasteiger partial charge in [-0.15, -0.1) is 0 Å². The maximum absolute atomic E-state index is 10.1. The molecule has 0 spiro atoms. The van der Waals surface area contributed by atoms with E-state index in [9.17, 15) is 9.79 Å². The normalized spacial score (nSPS) is 30.0. The molecule has 0 aromatic carbocycles. The van der Waals surface area contributed by atoms with Gasteiger partial charge in [0.1, 0.15) is 6.10 Å². The molecule has 10 heavy (non-hydrogen) atoms. The summed E-state index contributed by atoms with van der Waals surface area (Å²) in [4.78, 5) is 28.3. The van der Waals surface area contributed by atoms with Gasteiger partial charge >= 0.3 is 59.1 Å². The first-order valence-electron chi connectivity index (χ1n) is 2.21. The maximum Gasteiger partial charge on any atom is 1.00 e. The first kappa shape index (κ1) is 14.8. The molecule has 7 heteroatoms. The summed E-state index contributed by atoms with van der Waals surface area (Å²) in [5.74, 6) is -0.928. The Hall–Kier alpha value is 2.27. The van der Waals surface area contributed by atoms with Crippen molar-refractivity contribution in [3.8, 4) is 0 Å². The second-order valence-electron chi connectivity index (χ2n) is 1.80. The van der Waals surface area contributed by atoms with Crippen molar-refractivity contribution in [1.29, 1.82) is 0 Å². The van der Waals surface area contributed by atoms with Gasteiger partial charge in [-0.25, -0.2) is 0 Å². The summed E-state index contributed by atoms with van der Waals surface area (Å²) in [5.41, 5.74) is 0. The molecule has 1 aliphatic rings. The Bertz CT molecular complexity index is 105. The standard InChI is InChI=1S/C3H7O4P.2Na/c1-2-3(7-2)8(4,5)6;;/h2-3H,1H3,(H2,4,5,6);;/q;2*+1/p-1/t2-,3+;;/m0../s1. The first-order chi connectivity index (χ1) is 3.52. The third kappa shape index (κ3) is 4.33. The molecule has 4 nitrogen and oxygen atoms in total. The van der Waals surface area contributed by atoms with Gasteiger partial charge in [0.05, 0.1) is 7.94 Å². The molecule has 1 saturated heterocycles. The first-order valence-corrected chi connectivity index (χ1v) is 3.85. The fourth-order valence-corrected chi connectivity index (χ4v) is 1.39. The van der Waals surface area contributed by atoms with Crippen LogP contribution in [0.2, 0.25) is 0 Å². The monoisotopic (exact) mass is 183 g/mol. The summed E-state index contributed by atoms with van der Waals surface area (Å²) in [7, 11) is -4.15. The zero-order chi connectivity index (χ0) is 6.36. The number of rotatable bonds is 1. The minimum absolute atomic E-state index is 0. The van der Waals surface area contributed by atoms with Crippen molar-refractivity contribution >= 4 is 7.94 Å². The summed E-state index contributed by atoms with van der Waals surface area (Å²) in [6.07, 6.45) is -0.316. The third-order valence-corrected chi connectivity index (χ3v) is 2.19. The summed E-state index contributed by atoms with van der Waals surface area (Å²) in [5, 5.41) is 0. The van der Waals surface area contributed by atoms with Crippen molar-refractivity contribution < 1.29 is 78.5 Å². The quantitative estimate of drug-likeness (QED) is 0.249. The van der Waals surface area contributed by atoms with E-state index in [0.29, 0.717) is 0 Å². The van der Waals surface area contributed by atoms with Gasteiger partial charge in [0.2, 0.25) is 5.85 Å². The Morgan fingerprint density at radius 1 is 1.40 bits per heavy atom. The number of epoxide rings is 1. The molecule has 1 fully saturated rings. The van der Waals surface area contributed by atoms with E-state index in [1.54, 1.807) is 6.92 Å². The average molecular weight is 183 g/mol. The Morgan fingerprint density at radius 2 is 1.70 bits per heavy atom. The van der Waals surface area contributed by atoms with Gasteiger partial charge in [-0.1, -0.05) is 0 Å². The Balaban J connectivity index is 0. The van der Waals surface area contributed by atoms with Gasteiger partial charge in [0.25, 0.3) is 0 Å². The average Bonchev–Trinajstić information content (AvgIpc) is 2.13. The Kier molecular flexibility index (Phi) is 7.53. The van der Waals surface area contributed by atoms with Crippen molar-refractivity contribution in [2.24, 2.45) is 0 Å². The zero-order valence-electron chi connectivity index (χ0n) is 6.27. The molecule has 0 aromatic rings. The van der Waals surface area contributed by atoms with E-state index in [1.165, 1.54) is 0 Å². The molecule has 1 heterocycles. The molecular weight excluding hydrogens is 177 g/mol. The molecule has 0 amide bonds. The summed E-state index contributed by atoms with van der Waals surface area (Å²) >= 11 is 0. The molecule has 1 N–H and O–H groups in total. The Morgan fingerprint density at radius 3 is 1.70 bits per heavy atom. The number of hydrogen-bond acceptors (Lipinski definition) is 4. The molecule has 0 unspecified atom stereocenters. The van der Waals surface area contributed by atoms with Gasteiger partial charge in [0, 0.05) is 0 Å². The number of ether oxygens (including phenoxy) is 1. The Labute approximate surface area is 104 Å². The van der Waals surface area contributed by atoms with Gasteiger partial charge in [-0.2, -0.15) is 0 Å². The van der Waals surface area contributed by atoms with Crippen molar-refractivity contribution in [3.63, 3.8) is 0 Å². The van der Waals surface area contributed by atoms with E-state index >= 15 is 0 Å². The molecule has 1 rings (SSSR count). The van der Waals surface area contributed by atoms with Crippen molar-refractivity contribution in [2.45, 2.75) is 18.9 Å². The molecular formula is C3H6Na2O4P+. The summed E-state index contributed by atoms with van der Waals surface area (Å²) in [6, 6.07) is 0. The predicted octanol–water partition coefficient (Wildman–Crippen LogP) is -7.79. The minimum Gasteiger partial charge on any atom is -0.657 e. The maximum atomic E-state index is 10.1. The largest absolute Gasteiger partial charge is 1.00 e. The van der Waals surface area contributed by atoms with E-state index in [-0.39, 0.29) is 65.2 Å². The van der Waals surface area contributed by atoms with Crippen LogP contribution in [0.5, 0.6) is 0 Å². The summed E-state index contributed by atoms with van der Waals surface area (Å²) < 4.78 is 4.46. The molecule has 48 valence electrons. The van der Waals surface area contributed by atoms with Crippen molar-refractivity contribution in [2.75, 3.05) is 0 Å². The van der Waals surface area contributed by atoms with Crippen LogP contribution in [0.1, 0.15) is 6.92 Å². The molecule has 0 aromatic heterocycles. The van der Waals surface area contributed by atoms with E-state index in [0.717, 1.165) is 0 Å². The van der Waals surface area contributed by atoms with Gasteiger partial charge in [-0.3, -0.25) is 4.89 Å². The minimum atomic E-state index is -4.15. The predicted molar refractivity (Wildman–Crippen MR) is 23.5 cm³/mol. The second kappa shape index (κ2) is 5.10. The van der Waals surface area contributed by atoms with Crippen LogP contribution in [0.3, 0.4) is 0 Å². The van der Waals surface area contributed by atoms with Crippen LogP contribution in [0.4, 0.5) is 0 Å². The fraction of sp³-hybridized carbons (Fsp3) is 1.00. The van der Waals surface area contributed by atoms with Gasteiger partial charge in [0.15, 0.2) is 0 Å². The van der Waals surface area contributed by atoms with Gasteiger partial charge < -0.3 is 14.5 Å². The van der Waals surface area contributed by atoms with Crippen LogP contribution in [0.25, 0.3) is 0 Å². The van der Waals surface area contributed by atoms with Gasteiger partial charge in [-0.05, 0) is 6.92 Å². The SMILES string of the molecule is C[C@@H]1O[C@@H]1[P+]([O-])([O-])O.[Na+].[Na+]. The smallest absolute Gasteiger partial charge is 0.657 e. The second-order valence-corrected chi connectivity index (χ2v) is 3.43. The molecule has 0 radical (unpaired) electrons. The molecule has 0 bridgehead atoms. The fourth-order valence-electron chi connectivity index (χ4n) is 0.517. The van der Waals surface area contributed by atoms with Crippen LogP contribution in [-0.4, -0.2) is 16.8 Å². The molecule has 2 atom stereocenters. The van der Waals surface area contributed by atoms with E-state index in [1.807, 2.05) is 0 Å².